The van der Waals surface area contributed by atoms with Crippen LogP contribution in [0.4, 0.5) is 0 Å². The molecule has 1 unspecified atom stereocenters. The van der Waals surface area contributed by atoms with Gasteiger partial charge >= 0.3 is 0 Å². The highest BCUT2D eigenvalue weighted by Gasteiger charge is 2.13. The molecule has 2 rings (SSSR count). The monoisotopic (exact) mass is 213 g/mol. The molecule has 0 aliphatic heterocycles. The topological polar surface area (TPSA) is 51.8 Å². The number of hydrogen-bond donors (Lipinski definition) is 1. The van der Waals surface area contributed by atoms with E-state index in [0.29, 0.717) is 0 Å². The molecule has 0 aliphatic rings. The van der Waals surface area contributed by atoms with Gasteiger partial charge in [-0.25, -0.2) is 9.97 Å². The minimum Gasteiger partial charge on any atom is -0.319 e. The lowest BCUT2D eigenvalue weighted by molar-refractivity contribution is 0.800. The van der Waals surface area contributed by atoms with E-state index >= 15 is 0 Å². The van der Waals surface area contributed by atoms with Gasteiger partial charge in [0.15, 0.2) is 0 Å². The minimum absolute atomic E-state index is 0.178. The molecule has 3 nitrogen and oxygen atoms in total. The quantitative estimate of drug-likeness (QED) is 0.831. The van der Waals surface area contributed by atoms with E-state index in [1.807, 2.05) is 44.2 Å². The van der Waals surface area contributed by atoms with Gasteiger partial charge in [-0.3, -0.25) is 0 Å². The summed E-state index contributed by atoms with van der Waals surface area (Å²) in [7, 11) is 0. The van der Waals surface area contributed by atoms with Crippen LogP contribution >= 0.6 is 0 Å². The van der Waals surface area contributed by atoms with Gasteiger partial charge in [0.25, 0.3) is 0 Å². The molecule has 82 valence electrons. The zero-order valence-electron chi connectivity index (χ0n) is 9.51. The standard InChI is InChI=1S/C13H15N3/c1-9-10(2)15-8-16-13(9)12(14)11-6-4-3-5-7-11/h3-8,12H,14H2,1-2H3. The van der Waals surface area contributed by atoms with Crippen LogP contribution < -0.4 is 5.73 Å². The van der Waals surface area contributed by atoms with Gasteiger partial charge in [-0.2, -0.15) is 0 Å². The lowest BCUT2D eigenvalue weighted by Gasteiger charge is -2.14. The molecule has 0 saturated carbocycles. The normalized spacial score (nSPS) is 12.4. The third-order valence-electron chi connectivity index (χ3n) is 2.83. The Morgan fingerprint density at radius 3 is 2.44 bits per heavy atom. The second-order valence-corrected chi connectivity index (χ2v) is 3.86. The number of benzene rings is 1. The van der Waals surface area contributed by atoms with Crippen molar-refractivity contribution in [2.24, 2.45) is 5.73 Å². The summed E-state index contributed by atoms with van der Waals surface area (Å²) in [6.45, 7) is 3.98. The van der Waals surface area contributed by atoms with Crippen molar-refractivity contribution < 1.29 is 0 Å². The summed E-state index contributed by atoms with van der Waals surface area (Å²) >= 11 is 0. The number of aryl methyl sites for hydroxylation is 1. The van der Waals surface area contributed by atoms with Gasteiger partial charge < -0.3 is 5.73 Å². The smallest absolute Gasteiger partial charge is 0.116 e. The van der Waals surface area contributed by atoms with Gasteiger partial charge in [0.1, 0.15) is 6.33 Å². The van der Waals surface area contributed by atoms with Crippen molar-refractivity contribution in [1.29, 1.82) is 0 Å². The second kappa shape index (κ2) is 4.41. The number of hydrogen-bond acceptors (Lipinski definition) is 3. The molecule has 0 fully saturated rings. The van der Waals surface area contributed by atoms with E-state index < -0.39 is 0 Å². The van der Waals surface area contributed by atoms with E-state index in [0.717, 1.165) is 22.5 Å². The first-order chi connectivity index (χ1) is 7.70. The second-order valence-electron chi connectivity index (χ2n) is 3.86. The molecule has 0 saturated heterocycles. The summed E-state index contributed by atoms with van der Waals surface area (Å²) in [6.07, 6.45) is 1.57. The summed E-state index contributed by atoms with van der Waals surface area (Å²) in [5.74, 6) is 0. The van der Waals surface area contributed by atoms with E-state index in [2.05, 4.69) is 9.97 Å². The van der Waals surface area contributed by atoms with E-state index in [9.17, 15) is 0 Å². The Balaban J connectivity index is 2.42. The maximum Gasteiger partial charge on any atom is 0.116 e. The number of nitrogens with zero attached hydrogens (tertiary/aromatic N) is 2. The average molecular weight is 213 g/mol. The fourth-order valence-corrected chi connectivity index (χ4v) is 1.69. The van der Waals surface area contributed by atoms with Gasteiger partial charge in [0.05, 0.1) is 11.7 Å². The summed E-state index contributed by atoms with van der Waals surface area (Å²) in [4.78, 5) is 8.43. The highest BCUT2D eigenvalue weighted by Crippen LogP contribution is 2.20. The van der Waals surface area contributed by atoms with Crippen LogP contribution in [-0.4, -0.2) is 9.97 Å². The van der Waals surface area contributed by atoms with Crippen molar-refractivity contribution in [3.05, 3.63) is 59.2 Å². The van der Waals surface area contributed by atoms with Crippen LogP contribution in [0.1, 0.15) is 28.6 Å². The van der Waals surface area contributed by atoms with Crippen LogP contribution in [0, 0.1) is 13.8 Å². The Morgan fingerprint density at radius 1 is 1.06 bits per heavy atom. The predicted octanol–water partition coefficient (Wildman–Crippen LogP) is 2.14. The lowest BCUT2D eigenvalue weighted by Crippen LogP contribution is -2.16. The van der Waals surface area contributed by atoms with Crippen LogP contribution in [0.25, 0.3) is 0 Å². The SMILES string of the molecule is Cc1ncnc(C(N)c2ccccc2)c1C. The predicted molar refractivity (Wildman–Crippen MR) is 64.0 cm³/mol. The van der Waals surface area contributed by atoms with Crippen molar-refractivity contribution >= 4 is 0 Å². The van der Waals surface area contributed by atoms with Gasteiger partial charge in [-0.05, 0) is 25.0 Å². The third-order valence-corrected chi connectivity index (χ3v) is 2.83. The van der Waals surface area contributed by atoms with Crippen molar-refractivity contribution in [2.75, 3.05) is 0 Å². The minimum atomic E-state index is -0.178. The number of aromatic nitrogens is 2. The average Bonchev–Trinajstić information content (AvgIpc) is 2.33. The number of rotatable bonds is 2. The molecule has 0 bridgehead atoms. The van der Waals surface area contributed by atoms with Crippen LogP contribution in [0.2, 0.25) is 0 Å². The Kier molecular flexibility index (Phi) is 2.97. The van der Waals surface area contributed by atoms with Gasteiger partial charge in [-0.1, -0.05) is 30.3 Å². The molecule has 0 amide bonds. The summed E-state index contributed by atoms with van der Waals surface area (Å²) in [5, 5.41) is 0. The molecule has 3 heteroatoms. The first-order valence-corrected chi connectivity index (χ1v) is 5.28. The molecular formula is C13H15N3. The third kappa shape index (κ3) is 1.95. The maximum absolute atomic E-state index is 6.20. The first-order valence-electron chi connectivity index (χ1n) is 5.28. The summed E-state index contributed by atoms with van der Waals surface area (Å²) in [5.41, 5.74) is 10.2. The molecule has 0 aliphatic carbocycles. The zero-order chi connectivity index (χ0) is 11.5. The van der Waals surface area contributed by atoms with Crippen molar-refractivity contribution in [3.8, 4) is 0 Å². The molecule has 2 N–H and O–H groups in total. The highest BCUT2D eigenvalue weighted by atomic mass is 14.9. The lowest BCUT2D eigenvalue weighted by atomic mass is 10.0. The Morgan fingerprint density at radius 2 is 1.75 bits per heavy atom. The van der Waals surface area contributed by atoms with Crippen LogP contribution in [-0.2, 0) is 0 Å². The van der Waals surface area contributed by atoms with Gasteiger partial charge in [-0.15, -0.1) is 0 Å². The fourth-order valence-electron chi connectivity index (χ4n) is 1.69. The molecular weight excluding hydrogens is 198 g/mol. The van der Waals surface area contributed by atoms with E-state index in [-0.39, 0.29) is 6.04 Å². The molecule has 16 heavy (non-hydrogen) atoms. The van der Waals surface area contributed by atoms with Crippen LogP contribution in [0.15, 0.2) is 36.7 Å². The molecule has 1 aromatic carbocycles. The van der Waals surface area contributed by atoms with Crippen LogP contribution in [0.5, 0.6) is 0 Å². The van der Waals surface area contributed by atoms with Gasteiger partial charge in [0, 0.05) is 5.69 Å². The Labute approximate surface area is 95.4 Å². The molecule has 0 spiro atoms. The maximum atomic E-state index is 6.20. The zero-order valence-corrected chi connectivity index (χ0v) is 9.51. The van der Waals surface area contributed by atoms with Crippen LogP contribution in [0.3, 0.4) is 0 Å². The molecule has 2 aromatic rings. The van der Waals surface area contributed by atoms with Crippen molar-refractivity contribution in [2.45, 2.75) is 19.9 Å². The molecule has 0 radical (unpaired) electrons. The first kappa shape index (κ1) is 10.8. The molecule has 1 atom stereocenters. The van der Waals surface area contributed by atoms with Gasteiger partial charge in [0.2, 0.25) is 0 Å². The highest BCUT2D eigenvalue weighted by molar-refractivity contribution is 5.32. The molecule has 1 heterocycles. The van der Waals surface area contributed by atoms with Crippen molar-refractivity contribution in [1.82, 2.24) is 9.97 Å². The van der Waals surface area contributed by atoms with E-state index in [4.69, 9.17) is 5.73 Å². The van der Waals surface area contributed by atoms with E-state index in [1.54, 1.807) is 6.33 Å². The largest absolute Gasteiger partial charge is 0.319 e. The Hall–Kier alpha value is -1.74. The summed E-state index contributed by atoms with van der Waals surface area (Å²) in [6, 6.07) is 9.80. The summed E-state index contributed by atoms with van der Waals surface area (Å²) < 4.78 is 0. The van der Waals surface area contributed by atoms with E-state index in [1.165, 1.54) is 0 Å². The molecule has 1 aromatic heterocycles. The van der Waals surface area contributed by atoms with Crippen molar-refractivity contribution in [3.63, 3.8) is 0 Å². The number of nitrogens with two attached hydrogens (primary N) is 1. The fraction of sp³-hybridized carbons (Fsp3) is 0.231. The Bertz CT molecular complexity index is 480.